The van der Waals surface area contributed by atoms with Crippen LogP contribution in [0.2, 0.25) is 0 Å². The van der Waals surface area contributed by atoms with Gasteiger partial charge in [0.25, 0.3) is 0 Å². The molecule has 2 aromatic carbocycles. The summed E-state index contributed by atoms with van der Waals surface area (Å²) >= 11 is 0. The van der Waals surface area contributed by atoms with Gasteiger partial charge in [-0.25, -0.2) is 13.1 Å². The summed E-state index contributed by atoms with van der Waals surface area (Å²) in [5.74, 6) is 0.784. The van der Waals surface area contributed by atoms with Gasteiger partial charge >= 0.3 is 0 Å². The van der Waals surface area contributed by atoms with E-state index in [9.17, 15) is 8.42 Å². The highest BCUT2D eigenvalue weighted by Crippen LogP contribution is 2.19. The molecule has 2 bridgehead atoms. The zero-order valence-corrected chi connectivity index (χ0v) is 19.4. The lowest BCUT2D eigenvalue weighted by atomic mass is 10.1. The Morgan fingerprint density at radius 2 is 1.61 bits per heavy atom. The lowest BCUT2D eigenvalue weighted by Gasteiger charge is -2.45. The summed E-state index contributed by atoms with van der Waals surface area (Å²) in [6.07, 6.45) is 1.20. The lowest BCUT2D eigenvalue weighted by Crippen LogP contribution is -2.60. The van der Waals surface area contributed by atoms with Gasteiger partial charge in [-0.1, -0.05) is 18.2 Å². The van der Waals surface area contributed by atoms with E-state index in [1.165, 1.54) is 0 Å². The summed E-state index contributed by atoms with van der Waals surface area (Å²) in [7, 11) is -3.47. The molecule has 2 aliphatic heterocycles. The number of hydrogen-bond donors (Lipinski definition) is 1. The van der Waals surface area contributed by atoms with Gasteiger partial charge in [-0.2, -0.15) is 5.26 Å². The Morgan fingerprint density at radius 1 is 0.970 bits per heavy atom. The highest BCUT2D eigenvalue weighted by atomic mass is 32.2. The molecule has 1 N–H and O–H groups in total. The summed E-state index contributed by atoms with van der Waals surface area (Å²) < 4.78 is 39.3. The van der Waals surface area contributed by atoms with Crippen molar-refractivity contribution in [2.24, 2.45) is 0 Å². The first-order chi connectivity index (χ1) is 16.0. The van der Waals surface area contributed by atoms with Crippen molar-refractivity contribution in [3.8, 4) is 11.8 Å². The van der Waals surface area contributed by atoms with E-state index in [0.29, 0.717) is 30.2 Å². The molecule has 9 heteroatoms. The van der Waals surface area contributed by atoms with Gasteiger partial charge in [0.2, 0.25) is 10.0 Å². The van der Waals surface area contributed by atoms with Gasteiger partial charge in [-0.05, 0) is 42.8 Å². The highest BCUT2D eigenvalue weighted by molar-refractivity contribution is 7.89. The van der Waals surface area contributed by atoms with Gasteiger partial charge in [0.1, 0.15) is 5.75 Å². The van der Waals surface area contributed by atoms with Crippen LogP contribution in [0.4, 0.5) is 0 Å². The van der Waals surface area contributed by atoms with Crippen molar-refractivity contribution in [3.63, 3.8) is 0 Å². The summed E-state index contributed by atoms with van der Waals surface area (Å²) in [6, 6.07) is 17.7. The van der Waals surface area contributed by atoms with Crippen LogP contribution in [0.15, 0.2) is 59.5 Å². The highest BCUT2D eigenvalue weighted by Gasteiger charge is 2.34. The summed E-state index contributed by atoms with van der Waals surface area (Å²) in [5.41, 5.74) is 0.629. The van der Waals surface area contributed by atoms with Crippen LogP contribution in [0.25, 0.3) is 0 Å². The van der Waals surface area contributed by atoms with E-state index >= 15 is 0 Å². The standard InChI is InChI=1S/C24H30N4O4S/c25-15-20-7-9-21(10-8-20)31-14-4-12-27-16-22-18-28(19-23(17-27)32-22)13-11-26-33(29,30)24-5-2-1-3-6-24/h1-3,5-10,22-23,26H,4,11-14,16-19H2. The molecule has 2 aromatic rings. The average molecular weight is 471 g/mol. The van der Waals surface area contributed by atoms with Crippen molar-refractivity contribution < 1.29 is 17.9 Å². The number of benzene rings is 2. The van der Waals surface area contributed by atoms with Crippen LogP contribution in [0.3, 0.4) is 0 Å². The second-order valence-electron chi connectivity index (χ2n) is 8.45. The molecule has 4 rings (SSSR count). The fourth-order valence-corrected chi connectivity index (χ4v) is 5.39. The van der Waals surface area contributed by atoms with Crippen molar-refractivity contribution in [2.45, 2.75) is 23.5 Å². The van der Waals surface area contributed by atoms with Crippen molar-refractivity contribution in [1.82, 2.24) is 14.5 Å². The fourth-order valence-electron chi connectivity index (χ4n) is 4.35. The normalized spacial score (nSPS) is 21.4. The average Bonchev–Trinajstić information content (AvgIpc) is 2.82. The Kier molecular flexibility index (Phi) is 7.96. The van der Waals surface area contributed by atoms with Gasteiger partial charge < -0.3 is 9.47 Å². The van der Waals surface area contributed by atoms with Crippen LogP contribution in [-0.2, 0) is 14.8 Å². The van der Waals surface area contributed by atoms with E-state index in [0.717, 1.165) is 44.9 Å². The SMILES string of the molecule is N#Cc1ccc(OCCCN2CC3CN(CCNS(=O)(=O)c4ccccc4)CC(C2)O3)cc1. The molecule has 33 heavy (non-hydrogen) atoms. The Hall–Kier alpha value is -2.48. The molecule has 2 aliphatic rings. The van der Waals surface area contributed by atoms with E-state index in [1.807, 2.05) is 12.1 Å². The van der Waals surface area contributed by atoms with Gasteiger partial charge in [0.15, 0.2) is 0 Å². The van der Waals surface area contributed by atoms with Crippen molar-refractivity contribution in [3.05, 3.63) is 60.2 Å². The van der Waals surface area contributed by atoms with Crippen molar-refractivity contribution in [1.29, 1.82) is 5.26 Å². The molecule has 2 fully saturated rings. The van der Waals surface area contributed by atoms with E-state index in [-0.39, 0.29) is 12.2 Å². The first kappa shape index (κ1) is 23.7. The number of sulfonamides is 1. The second kappa shape index (κ2) is 11.1. The maximum absolute atomic E-state index is 12.4. The molecule has 176 valence electrons. The largest absolute Gasteiger partial charge is 0.494 e. The third-order valence-electron chi connectivity index (χ3n) is 5.88. The topological polar surface area (TPSA) is 94.9 Å². The van der Waals surface area contributed by atoms with Crippen LogP contribution in [0.5, 0.6) is 5.75 Å². The molecule has 2 unspecified atom stereocenters. The molecule has 0 aromatic heterocycles. The van der Waals surface area contributed by atoms with Crippen molar-refractivity contribution >= 4 is 10.0 Å². The third-order valence-corrected chi connectivity index (χ3v) is 7.35. The molecule has 2 saturated heterocycles. The number of nitrogens with one attached hydrogen (secondary N) is 1. The smallest absolute Gasteiger partial charge is 0.240 e. The van der Waals surface area contributed by atoms with Crippen LogP contribution >= 0.6 is 0 Å². The molecule has 0 saturated carbocycles. The number of ether oxygens (including phenoxy) is 2. The Morgan fingerprint density at radius 3 is 2.24 bits per heavy atom. The van der Waals surface area contributed by atoms with Crippen LogP contribution < -0.4 is 9.46 Å². The predicted molar refractivity (Wildman–Crippen MR) is 124 cm³/mol. The monoisotopic (exact) mass is 470 g/mol. The number of fused-ring (bicyclic) bond motifs is 2. The van der Waals surface area contributed by atoms with Gasteiger partial charge in [-0.15, -0.1) is 0 Å². The quantitative estimate of drug-likeness (QED) is 0.528. The Balaban J connectivity index is 1.15. The Labute approximate surface area is 195 Å². The zero-order chi connectivity index (χ0) is 23.1. The minimum Gasteiger partial charge on any atom is -0.494 e. The molecular formula is C24H30N4O4S. The number of rotatable bonds is 10. The molecule has 8 nitrogen and oxygen atoms in total. The van der Waals surface area contributed by atoms with Crippen molar-refractivity contribution in [2.75, 3.05) is 52.4 Å². The maximum atomic E-state index is 12.4. The summed E-state index contributed by atoms with van der Waals surface area (Å²) in [5, 5.41) is 8.85. The molecule has 2 heterocycles. The first-order valence-corrected chi connectivity index (χ1v) is 12.8. The molecular weight excluding hydrogens is 440 g/mol. The van der Waals surface area contributed by atoms with E-state index in [1.54, 1.807) is 42.5 Å². The number of hydrogen-bond acceptors (Lipinski definition) is 7. The zero-order valence-electron chi connectivity index (χ0n) is 18.6. The van der Waals surface area contributed by atoms with E-state index in [4.69, 9.17) is 14.7 Å². The predicted octanol–water partition coefficient (Wildman–Crippen LogP) is 1.69. The lowest BCUT2D eigenvalue weighted by molar-refractivity contribution is -0.138. The van der Waals surface area contributed by atoms with Gasteiger partial charge in [-0.3, -0.25) is 9.80 Å². The number of nitrogens with zero attached hydrogens (tertiary/aromatic N) is 3. The number of nitriles is 1. The van der Waals surface area contributed by atoms with Crippen LogP contribution in [0, 0.1) is 11.3 Å². The molecule has 0 aliphatic carbocycles. The molecule has 0 spiro atoms. The molecule has 0 amide bonds. The second-order valence-corrected chi connectivity index (χ2v) is 10.2. The van der Waals surface area contributed by atoms with Crippen LogP contribution in [0.1, 0.15) is 12.0 Å². The maximum Gasteiger partial charge on any atom is 0.240 e. The van der Waals surface area contributed by atoms with Crippen LogP contribution in [-0.4, -0.2) is 82.8 Å². The van der Waals surface area contributed by atoms with E-state index in [2.05, 4.69) is 20.6 Å². The number of morpholine rings is 2. The minimum absolute atomic E-state index is 0.141. The fraction of sp³-hybridized carbons (Fsp3) is 0.458. The first-order valence-electron chi connectivity index (χ1n) is 11.3. The summed E-state index contributed by atoms with van der Waals surface area (Å²) in [4.78, 5) is 5.01. The van der Waals surface area contributed by atoms with Gasteiger partial charge in [0, 0.05) is 45.8 Å². The molecule has 2 atom stereocenters. The van der Waals surface area contributed by atoms with E-state index < -0.39 is 10.0 Å². The Bertz CT molecular complexity index is 1030. The third kappa shape index (κ3) is 6.76. The minimum atomic E-state index is -3.47. The summed E-state index contributed by atoms with van der Waals surface area (Å²) in [6.45, 7) is 5.99. The molecule has 0 radical (unpaired) electrons. The van der Waals surface area contributed by atoms with Gasteiger partial charge in [0.05, 0.1) is 35.3 Å².